The monoisotopic (exact) mass is 662 g/mol. The molecule has 2 heterocycles. The zero-order valence-corrected chi connectivity index (χ0v) is 30.0. The van der Waals surface area contributed by atoms with Crippen LogP contribution in [-0.2, 0) is 22.4 Å². The Kier molecular flexibility index (Phi) is 11.7. The summed E-state index contributed by atoms with van der Waals surface area (Å²) < 4.78 is 18.3. The highest BCUT2D eigenvalue weighted by Gasteiger charge is 2.39. The molecule has 0 bridgehead atoms. The van der Waals surface area contributed by atoms with Crippen molar-refractivity contribution < 1.29 is 23.2 Å². The van der Waals surface area contributed by atoms with E-state index in [4.69, 9.17) is 18.6 Å². The van der Waals surface area contributed by atoms with Gasteiger partial charge in [-0.1, -0.05) is 83.2 Å². The third-order valence-electron chi connectivity index (χ3n) is 10.2. The molecule has 2 fully saturated rings. The van der Waals surface area contributed by atoms with Gasteiger partial charge >= 0.3 is 6.03 Å². The van der Waals surface area contributed by atoms with Gasteiger partial charge in [0.05, 0.1) is 13.2 Å². The molecule has 10 heteroatoms. The summed E-state index contributed by atoms with van der Waals surface area (Å²) in [5, 5.41) is 6.53. The lowest BCUT2D eigenvalue weighted by Crippen LogP contribution is -2.55. The van der Waals surface area contributed by atoms with Crippen LogP contribution in [0.1, 0.15) is 77.2 Å². The first-order valence-electron chi connectivity index (χ1n) is 17.5. The lowest BCUT2D eigenvalue weighted by Gasteiger charge is -2.37. The van der Waals surface area contributed by atoms with E-state index in [-0.39, 0.29) is 23.0 Å². The predicted molar refractivity (Wildman–Crippen MR) is 188 cm³/mol. The largest absolute Gasteiger partial charge is 0.543 e. The number of ether oxygens (including phenoxy) is 1. The fraction of sp³-hybridized carbons (Fsp3) is 0.595. The molecule has 2 aromatic carbocycles. The molecule has 3 amide bonds. The fourth-order valence-electron chi connectivity index (χ4n) is 6.31. The Hall–Kier alpha value is -3.37. The van der Waals surface area contributed by atoms with Crippen molar-refractivity contribution in [2.45, 2.75) is 109 Å². The molecule has 2 N–H and O–H groups in total. The Bertz CT molecular complexity index is 1440. The summed E-state index contributed by atoms with van der Waals surface area (Å²) in [7, 11) is -2.05. The second kappa shape index (κ2) is 15.7. The number of benzene rings is 2. The van der Waals surface area contributed by atoms with E-state index >= 15 is 0 Å². The van der Waals surface area contributed by atoms with Gasteiger partial charge in [0, 0.05) is 25.6 Å². The molecule has 256 valence electrons. The normalized spacial score (nSPS) is 17.7. The fourth-order valence-corrected chi connectivity index (χ4v) is 7.36. The predicted octanol–water partition coefficient (Wildman–Crippen LogP) is 7.25. The summed E-state index contributed by atoms with van der Waals surface area (Å²) in [5.41, 5.74) is 2.65. The standard InChI is InChI=1S/C37H54N4O5Si/c1-37(2,3)47(4,5)46-32-17-11-9-15-28(32)19-20-29(26-34-39-30-16-10-12-18-33(30)45-34)38-35(42)31(25-27-13-7-6-8-14-27)40-36(43)41-21-23-44-24-22-41/h9-12,15-18,27,29,31H,6-8,13-14,19-26H2,1-5H3,(H,38,42)(H,40,43)/t29?,31-/m0/s1. The highest BCUT2D eigenvalue weighted by molar-refractivity contribution is 6.74. The van der Waals surface area contributed by atoms with E-state index in [0.717, 1.165) is 35.3 Å². The van der Waals surface area contributed by atoms with Gasteiger partial charge in [-0.05, 0) is 67.1 Å². The molecule has 0 radical (unpaired) electrons. The number of morpholine rings is 1. The van der Waals surface area contributed by atoms with Crippen molar-refractivity contribution in [3.8, 4) is 5.75 Å². The number of nitrogens with one attached hydrogen (secondary N) is 2. The highest BCUT2D eigenvalue weighted by atomic mass is 28.4. The van der Waals surface area contributed by atoms with Gasteiger partial charge in [-0.3, -0.25) is 4.79 Å². The van der Waals surface area contributed by atoms with Crippen LogP contribution >= 0.6 is 0 Å². The minimum Gasteiger partial charge on any atom is -0.543 e. The Morgan fingerprint density at radius 3 is 2.43 bits per heavy atom. The molecule has 1 unspecified atom stereocenters. The number of nitrogens with zero attached hydrogens (tertiary/aromatic N) is 2. The topological polar surface area (TPSA) is 106 Å². The first-order valence-corrected chi connectivity index (χ1v) is 20.4. The van der Waals surface area contributed by atoms with Gasteiger partial charge in [-0.25, -0.2) is 9.78 Å². The van der Waals surface area contributed by atoms with Crippen molar-refractivity contribution in [3.05, 3.63) is 60.0 Å². The Morgan fingerprint density at radius 1 is 1.00 bits per heavy atom. The molecule has 5 rings (SSSR count). The number of carbonyl (C=O) groups excluding carboxylic acids is 2. The van der Waals surface area contributed by atoms with Gasteiger partial charge in [-0.15, -0.1) is 0 Å². The molecule has 47 heavy (non-hydrogen) atoms. The van der Waals surface area contributed by atoms with E-state index in [0.29, 0.717) is 63.8 Å². The minimum absolute atomic E-state index is 0.0720. The van der Waals surface area contributed by atoms with Crippen LogP contribution in [0.5, 0.6) is 5.75 Å². The highest BCUT2D eigenvalue weighted by Crippen LogP contribution is 2.38. The zero-order chi connectivity index (χ0) is 33.4. The molecule has 9 nitrogen and oxygen atoms in total. The van der Waals surface area contributed by atoms with Crippen molar-refractivity contribution in [3.63, 3.8) is 0 Å². The van der Waals surface area contributed by atoms with Gasteiger partial charge in [0.15, 0.2) is 11.5 Å². The summed E-state index contributed by atoms with van der Waals surface area (Å²) >= 11 is 0. The number of fused-ring (bicyclic) bond motifs is 1. The van der Waals surface area contributed by atoms with Crippen LogP contribution < -0.4 is 15.1 Å². The van der Waals surface area contributed by atoms with Crippen molar-refractivity contribution in [2.24, 2.45) is 5.92 Å². The van der Waals surface area contributed by atoms with Gasteiger partial charge in [0.2, 0.25) is 14.2 Å². The lowest BCUT2D eigenvalue weighted by molar-refractivity contribution is -0.124. The maximum Gasteiger partial charge on any atom is 0.318 e. The summed E-state index contributed by atoms with van der Waals surface area (Å²) in [6.45, 7) is 13.3. The van der Waals surface area contributed by atoms with Crippen LogP contribution in [0.15, 0.2) is 52.9 Å². The quantitative estimate of drug-likeness (QED) is 0.198. The number of aryl methyl sites for hydroxylation is 1. The van der Waals surface area contributed by atoms with Crippen LogP contribution in [-0.4, -0.2) is 68.5 Å². The molecule has 3 aromatic rings. The number of aromatic nitrogens is 1. The Labute approximate surface area is 281 Å². The summed E-state index contributed by atoms with van der Waals surface area (Å²) in [4.78, 5) is 33.9. The van der Waals surface area contributed by atoms with E-state index in [1.807, 2.05) is 36.4 Å². The Morgan fingerprint density at radius 2 is 1.70 bits per heavy atom. The molecule has 2 atom stereocenters. The van der Waals surface area contributed by atoms with Crippen LogP contribution in [0.4, 0.5) is 4.79 Å². The number of amides is 3. The average molecular weight is 663 g/mol. The molecule has 1 aromatic heterocycles. The third-order valence-corrected chi connectivity index (χ3v) is 14.6. The maximum absolute atomic E-state index is 14.1. The number of oxazole rings is 1. The molecule has 1 aliphatic heterocycles. The van der Waals surface area contributed by atoms with Gasteiger partial charge in [0.25, 0.3) is 0 Å². The first kappa shape index (κ1) is 34.9. The van der Waals surface area contributed by atoms with Gasteiger partial charge in [-0.2, -0.15) is 0 Å². The maximum atomic E-state index is 14.1. The zero-order valence-electron chi connectivity index (χ0n) is 29.0. The summed E-state index contributed by atoms with van der Waals surface area (Å²) in [6, 6.07) is 14.9. The van der Waals surface area contributed by atoms with Crippen LogP contribution in [0.3, 0.4) is 0 Å². The Balaban J connectivity index is 1.35. The van der Waals surface area contributed by atoms with Crippen molar-refractivity contribution >= 4 is 31.4 Å². The number of hydrogen-bond donors (Lipinski definition) is 2. The number of para-hydroxylation sites is 3. The molecular formula is C37H54N4O5Si. The molecule has 1 aliphatic carbocycles. The van der Waals surface area contributed by atoms with E-state index < -0.39 is 14.4 Å². The van der Waals surface area contributed by atoms with Crippen LogP contribution in [0.2, 0.25) is 18.1 Å². The number of carbonyl (C=O) groups is 2. The second-order valence-electron chi connectivity index (χ2n) is 14.8. The molecule has 1 saturated carbocycles. The molecular weight excluding hydrogens is 609 g/mol. The van der Waals surface area contributed by atoms with Gasteiger partial charge in [0.1, 0.15) is 17.3 Å². The average Bonchev–Trinajstić information content (AvgIpc) is 3.46. The summed E-state index contributed by atoms with van der Waals surface area (Å²) in [5.74, 6) is 1.77. The SMILES string of the molecule is CC(C)(C)[Si](C)(C)Oc1ccccc1CCC(Cc1nc2ccccc2o1)NC(=O)[C@H](CC1CCCCC1)NC(=O)N1CCOCC1. The van der Waals surface area contributed by atoms with Crippen molar-refractivity contribution in [1.82, 2.24) is 20.5 Å². The third kappa shape index (κ3) is 9.60. The van der Waals surface area contributed by atoms with E-state index in [1.165, 1.54) is 19.3 Å². The van der Waals surface area contributed by atoms with E-state index in [2.05, 4.69) is 56.6 Å². The van der Waals surface area contributed by atoms with E-state index in [1.54, 1.807) is 4.90 Å². The number of hydrogen-bond acceptors (Lipinski definition) is 6. The lowest BCUT2D eigenvalue weighted by atomic mass is 9.84. The van der Waals surface area contributed by atoms with Crippen LogP contribution in [0, 0.1) is 5.92 Å². The van der Waals surface area contributed by atoms with Crippen LogP contribution in [0.25, 0.3) is 11.1 Å². The van der Waals surface area contributed by atoms with Crippen molar-refractivity contribution in [2.75, 3.05) is 26.3 Å². The second-order valence-corrected chi connectivity index (χ2v) is 19.6. The smallest absolute Gasteiger partial charge is 0.318 e. The van der Waals surface area contributed by atoms with Gasteiger partial charge < -0.3 is 29.1 Å². The molecule has 2 aliphatic rings. The summed E-state index contributed by atoms with van der Waals surface area (Å²) in [6.07, 6.45) is 8.23. The van der Waals surface area contributed by atoms with E-state index in [9.17, 15) is 9.59 Å². The molecule has 0 spiro atoms. The first-order chi connectivity index (χ1) is 22.5. The molecule has 1 saturated heterocycles. The number of rotatable bonds is 12. The minimum atomic E-state index is -2.05. The van der Waals surface area contributed by atoms with Crippen molar-refractivity contribution in [1.29, 1.82) is 0 Å². The number of urea groups is 1.